The number of carbonyl (C=O) groups excluding carboxylic acids is 1. The molecule has 0 bridgehead atoms. The lowest BCUT2D eigenvalue weighted by Gasteiger charge is -2.21. The number of benzene rings is 2. The molecule has 2 atom stereocenters. The van der Waals surface area contributed by atoms with Crippen LogP contribution < -0.4 is 20.7 Å². The van der Waals surface area contributed by atoms with Crippen molar-refractivity contribution in [2.45, 2.75) is 18.9 Å². The normalized spacial score (nSPS) is 17.8. The average molecular weight is 353 g/mol. The van der Waals surface area contributed by atoms with Crippen LogP contribution in [0.4, 0.5) is 5.69 Å². The second-order valence-electron chi connectivity index (χ2n) is 6.81. The van der Waals surface area contributed by atoms with Crippen LogP contribution in [-0.4, -0.2) is 38.7 Å². The minimum absolute atomic E-state index is 0.0791. The molecule has 5 nitrogen and oxygen atoms in total. The van der Waals surface area contributed by atoms with Gasteiger partial charge in [-0.15, -0.1) is 0 Å². The van der Waals surface area contributed by atoms with Gasteiger partial charge >= 0.3 is 0 Å². The Morgan fingerprint density at radius 3 is 2.73 bits per heavy atom. The van der Waals surface area contributed by atoms with Gasteiger partial charge in [-0.25, -0.2) is 0 Å². The molecule has 0 spiro atoms. The first-order valence-electron chi connectivity index (χ1n) is 9.12. The molecule has 0 radical (unpaired) electrons. The van der Waals surface area contributed by atoms with Gasteiger partial charge in [0.15, 0.2) is 0 Å². The summed E-state index contributed by atoms with van der Waals surface area (Å²) in [5, 5.41) is 3.02. The van der Waals surface area contributed by atoms with Crippen molar-refractivity contribution >= 4 is 11.6 Å². The molecule has 3 rings (SSSR count). The number of ether oxygens (including phenoxy) is 1. The highest BCUT2D eigenvalue weighted by atomic mass is 16.5. The maximum absolute atomic E-state index is 12.3. The van der Waals surface area contributed by atoms with Gasteiger partial charge in [-0.2, -0.15) is 0 Å². The third-order valence-electron chi connectivity index (χ3n) is 4.91. The summed E-state index contributed by atoms with van der Waals surface area (Å²) in [6.45, 7) is 2.54. The molecule has 1 heterocycles. The van der Waals surface area contributed by atoms with Gasteiger partial charge in [0, 0.05) is 19.6 Å². The highest BCUT2D eigenvalue weighted by Crippen LogP contribution is 2.31. The molecule has 138 valence electrons. The Labute approximate surface area is 155 Å². The summed E-state index contributed by atoms with van der Waals surface area (Å²) in [5.74, 6) is 1.24. The lowest BCUT2D eigenvalue weighted by atomic mass is 10.1. The molecule has 2 aromatic rings. The lowest BCUT2D eigenvalue weighted by Crippen LogP contribution is -2.44. The van der Waals surface area contributed by atoms with E-state index in [9.17, 15) is 4.79 Å². The molecule has 1 aliphatic rings. The fourth-order valence-corrected chi connectivity index (χ4v) is 3.45. The largest absolute Gasteiger partial charge is 0.495 e. The molecule has 1 fully saturated rings. The Kier molecular flexibility index (Phi) is 6.12. The zero-order valence-electron chi connectivity index (χ0n) is 15.2. The maximum atomic E-state index is 12.3. The predicted octanol–water partition coefficient (Wildman–Crippen LogP) is 2.21. The summed E-state index contributed by atoms with van der Waals surface area (Å²) in [6, 6.07) is 17.4. The molecule has 1 saturated heterocycles. The van der Waals surface area contributed by atoms with Crippen LogP contribution in [0.25, 0.3) is 0 Å². The quantitative estimate of drug-likeness (QED) is 0.801. The molecule has 1 amide bonds. The number of anilines is 1. The van der Waals surface area contributed by atoms with E-state index in [2.05, 4.69) is 16.3 Å². The number of carbonyl (C=O) groups is 1. The standard InChI is InChI=1S/C21H27N3O2/c1-26-20-10-6-5-9-19(20)24-12-11-17(15-24)14-23-21(25)18(22)13-16-7-3-2-4-8-16/h2-10,17-18H,11-15,22H2,1H3,(H,23,25). The average Bonchev–Trinajstić information content (AvgIpc) is 3.15. The van der Waals surface area contributed by atoms with Crippen molar-refractivity contribution in [1.82, 2.24) is 5.32 Å². The number of nitrogens with zero attached hydrogens (tertiary/aromatic N) is 1. The van der Waals surface area contributed by atoms with E-state index < -0.39 is 6.04 Å². The van der Waals surface area contributed by atoms with Crippen LogP contribution in [0, 0.1) is 5.92 Å². The van der Waals surface area contributed by atoms with Crippen molar-refractivity contribution in [2.24, 2.45) is 11.7 Å². The predicted molar refractivity (Wildman–Crippen MR) is 104 cm³/mol. The van der Waals surface area contributed by atoms with Crippen LogP contribution in [0.5, 0.6) is 5.75 Å². The molecule has 2 unspecified atom stereocenters. The molecule has 0 saturated carbocycles. The maximum Gasteiger partial charge on any atom is 0.237 e. The minimum atomic E-state index is -0.510. The molecule has 0 aromatic heterocycles. The van der Waals surface area contributed by atoms with E-state index in [0.29, 0.717) is 18.9 Å². The first kappa shape index (κ1) is 18.3. The summed E-state index contributed by atoms with van der Waals surface area (Å²) in [5.41, 5.74) is 8.25. The van der Waals surface area contributed by atoms with E-state index in [4.69, 9.17) is 10.5 Å². The van der Waals surface area contributed by atoms with Gasteiger partial charge in [-0.3, -0.25) is 4.79 Å². The minimum Gasteiger partial charge on any atom is -0.495 e. The number of amides is 1. The van der Waals surface area contributed by atoms with Crippen LogP contribution in [0.15, 0.2) is 54.6 Å². The zero-order chi connectivity index (χ0) is 18.4. The number of hydrogen-bond acceptors (Lipinski definition) is 4. The molecule has 2 aromatic carbocycles. The SMILES string of the molecule is COc1ccccc1N1CCC(CNC(=O)C(N)Cc2ccccc2)C1. The number of methoxy groups -OCH3 is 1. The van der Waals surface area contributed by atoms with E-state index in [0.717, 1.165) is 36.5 Å². The second kappa shape index (κ2) is 8.72. The van der Waals surface area contributed by atoms with Crippen molar-refractivity contribution in [1.29, 1.82) is 0 Å². The fraction of sp³-hybridized carbons (Fsp3) is 0.381. The summed E-state index contributed by atoms with van der Waals surface area (Å²) in [7, 11) is 1.70. The van der Waals surface area contributed by atoms with Crippen LogP contribution in [0.2, 0.25) is 0 Å². The number of nitrogens with two attached hydrogens (primary N) is 1. The topological polar surface area (TPSA) is 67.6 Å². The summed E-state index contributed by atoms with van der Waals surface area (Å²) in [6.07, 6.45) is 1.61. The number of rotatable bonds is 7. The smallest absolute Gasteiger partial charge is 0.237 e. The summed E-state index contributed by atoms with van der Waals surface area (Å²) < 4.78 is 5.45. The van der Waals surface area contributed by atoms with Crippen LogP contribution >= 0.6 is 0 Å². The monoisotopic (exact) mass is 353 g/mol. The second-order valence-corrected chi connectivity index (χ2v) is 6.81. The number of nitrogens with one attached hydrogen (secondary N) is 1. The molecule has 26 heavy (non-hydrogen) atoms. The summed E-state index contributed by atoms with van der Waals surface area (Å²) in [4.78, 5) is 14.6. The van der Waals surface area contributed by atoms with Gasteiger partial charge in [0.25, 0.3) is 0 Å². The van der Waals surface area contributed by atoms with Gasteiger partial charge in [0.2, 0.25) is 5.91 Å². The van der Waals surface area contributed by atoms with Crippen LogP contribution in [0.3, 0.4) is 0 Å². The lowest BCUT2D eigenvalue weighted by molar-refractivity contribution is -0.122. The molecule has 0 aliphatic carbocycles. The number of hydrogen-bond donors (Lipinski definition) is 2. The van der Waals surface area contributed by atoms with E-state index in [1.165, 1.54) is 0 Å². The molecule has 1 aliphatic heterocycles. The Morgan fingerprint density at radius 1 is 1.23 bits per heavy atom. The number of para-hydroxylation sites is 2. The molecular weight excluding hydrogens is 326 g/mol. The van der Waals surface area contributed by atoms with E-state index >= 15 is 0 Å². The van der Waals surface area contributed by atoms with Crippen molar-refractivity contribution in [3.05, 3.63) is 60.2 Å². The van der Waals surface area contributed by atoms with Crippen molar-refractivity contribution in [3.63, 3.8) is 0 Å². The van der Waals surface area contributed by atoms with Gasteiger partial charge < -0.3 is 20.7 Å². The third kappa shape index (κ3) is 4.55. The fourth-order valence-electron chi connectivity index (χ4n) is 3.45. The van der Waals surface area contributed by atoms with Gasteiger partial charge in [0.1, 0.15) is 5.75 Å². The Bertz CT molecular complexity index is 720. The Hall–Kier alpha value is -2.53. The Balaban J connectivity index is 1.47. The first-order chi connectivity index (χ1) is 12.7. The van der Waals surface area contributed by atoms with Crippen molar-refractivity contribution in [3.8, 4) is 5.75 Å². The van der Waals surface area contributed by atoms with Crippen LogP contribution in [0.1, 0.15) is 12.0 Å². The van der Waals surface area contributed by atoms with Crippen molar-refractivity contribution in [2.75, 3.05) is 31.6 Å². The van der Waals surface area contributed by atoms with Crippen molar-refractivity contribution < 1.29 is 9.53 Å². The molecular formula is C21H27N3O2. The van der Waals surface area contributed by atoms with Gasteiger partial charge in [-0.05, 0) is 36.5 Å². The highest BCUT2D eigenvalue weighted by Gasteiger charge is 2.25. The van der Waals surface area contributed by atoms with E-state index in [-0.39, 0.29) is 5.91 Å². The van der Waals surface area contributed by atoms with E-state index in [1.54, 1.807) is 7.11 Å². The highest BCUT2D eigenvalue weighted by molar-refractivity contribution is 5.81. The van der Waals surface area contributed by atoms with E-state index in [1.807, 2.05) is 48.5 Å². The zero-order valence-corrected chi connectivity index (χ0v) is 15.2. The van der Waals surface area contributed by atoms with Crippen LogP contribution in [-0.2, 0) is 11.2 Å². The third-order valence-corrected chi connectivity index (χ3v) is 4.91. The van der Waals surface area contributed by atoms with Gasteiger partial charge in [-0.1, -0.05) is 42.5 Å². The Morgan fingerprint density at radius 2 is 1.96 bits per heavy atom. The van der Waals surface area contributed by atoms with Gasteiger partial charge in [0.05, 0.1) is 18.8 Å². The molecule has 5 heteroatoms. The summed E-state index contributed by atoms with van der Waals surface area (Å²) >= 11 is 0. The first-order valence-corrected chi connectivity index (χ1v) is 9.12. The molecule has 3 N–H and O–H groups in total.